The number of hydrogen-bond acceptors (Lipinski definition) is 3. The second kappa shape index (κ2) is 6.95. The molecule has 1 unspecified atom stereocenters. The molecule has 0 radical (unpaired) electrons. The monoisotopic (exact) mass is 262 g/mol. The number of carboxylic acids is 1. The molecule has 1 aromatic carbocycles. The van der Waals surface area contributed by atoms with Crippen LogP contribution < -0.4 is 4.74 Å². The summed E-state index contributed by atoms with van der Waals surface area (Å²) in [5.74, 6) is -0.199. The normalized spacial score (nSPS) is 18.8. The van der Waals surface area contributed by atoms with Crippen LogP contribution in [0.15, 0.2) is 30.3 Å². The number of benzene rings is 1. The van der Waals surface area contributed by atoms with Crippen molar-refractivity contribution < 1.29 is 19.4 Å². The fourth-order valence-electron chi connectivity index (χ4n) is 2.06. The molecule has 4 heteroatoms. The molecule has 1 aromatic rings. The van der Waals surface area contributed by atoms with Gasteiger partial charge in [0.2, 0.25) is 0 Å². The Morgan fingerprint density at radius 2 is 2.42 bits per heavy atom. The zero-order chi connectivity index (χ0) is 13.5. The van der Waals surface area contributed by atoms with Gasteiger partial charge in [-0.05, 0) is 36.6 Å². The van der Waals surface area contributed by atoms with Crippen molar-refractivity contribution in [1.82, 2.24) is 0 Å². The number of hydrogen-bond donors (Lipinski definition) is 1. The summed E-state index contributed by atoms with van der Waals surface area (Å²) in [7, 11) is 0. The molecule has 1 heterocycles. The lowest BCUT2D eigenvalue weighted by atomic mass is 10.2. The van der Waals surface area contributed by atoms with Gasteiger partial charge in [0.15, 0.2) is 0 Å². The maximum Gasteiger partial charge on any atom is 0.328 e. The van der Waals surface area contributed by atoms with E-state index in [0.29, 0.717) is 12.7 Å². The highest BCUT2D eigenvalue weighted by atomic mass is 16.5. The standard InChI is InChI=1S/C15H18O4/c16-15(17)7-6-12-3-1-4-14(11-12)19-10-8-13-5-2-9-18-13/h1,3-4,6-7,11,13H,2,5,8-10H2,(H,16,17)/b7-6+. The molecule has 1 saturated heterocycles. The van der Waals surface area contributed by atoms with Gasteiger partial charge in [-0.1, -0.05) is 12.1 Å². The van der Waals surface area contributed by atoms with Gasteiger partial charge in [0.1, 0.15) is 5.75 Å². The molecule has 1 N–H and O–H groups in total. The lowest BCUT2D eigenvalue weighted by Gasteiger charge is -2.10. The summed E-state index contributed by atoms with van der Waals surface area (Å²) in [5, 5.41) is 8.57. The number of aliphatic carboxylic acids is 1. The maximum atomic E-state index is 10.4. The first-order valence-electron chi connectivity index (χ1n) is 6.49. The van der Waals surface area contributed by atoms with Crippen LogP contribution in [0.1, 0.15) is 24.8 Å². The molecule has 1 aliphatic rings. The van der Waals surface area contributed by atoms with Crippen molar-refractivity contribution in [2.24, 2.45) is 0 Å². The molecular weight excluding hydrogens is 244 g/mol. The molecule has 1 fully saturated rings. The summed E-state index contributed by atoms with van der Waals surface area (Å²) in [5.41, 5.74) is 0.817. The second-order valence-electron chi connectivity index (χ2n) is 4.52. The van der Waals surface area contributed by atoms with Crippen LogP contribution in [0.5, 0.6) is 5.75 Å². The third-order valence-electron chi connectivity index (χ3n) is 3.01. The van der Waals surface area contributed by atoms with E-state index >= 15 is 0 Å². The summed E-state index contributed by atoms with van der Waals surface area (Å²) in [4.78, 5) is 10.4. The van der Waals surface area contributed by atoms with Crippen molar-refractivity contribution >= 4 is 12.0 Å². The summed E-state index contributed by atoms with van der Waals surface area (Å²) < 4.78 is 11.2. The molecule has 1 aliphatic heterocycles. The summed E-state index contributed by atoms with van der Waals surface area (Å²) in [6.07, 6.45) is 6.15. The average molecular weight is 262 g/mol. The van der Waals surface area contributed by atoms with Crippen molar-refractivity contribution in [3.8, 4) is 5.75 Å². The topological polar surface area (TPSA) is 55.8 Å². The highest BCUT2D eigenvalue weighted by molar-refractivity contribution is 5.85. The molecular formula is C15H18O4. The average Bonchev–Trinajstić information content (AvgIpc) is 2.90. The SMILES string of the molecule is O=C(O)/C=C/c1cccc(OCCC2CCCO2)c1. The van der Waals surface area contributed by atoms with Gasteiger partial charge in [0.05, 0.1) is 12.7 Å². The van der Waals surface area contributed by atoms with Crippen LogP contribution in [0.4, 0.5) is 0 Å². The maximum absolute atomic E-state index is 10.4. The molecule has 0 aliphatic carbocycles. The highest BCUT2D eigenvalue weighted by Crippen LogP contribution is 2.18. The highest BCUT2D eigenvalue weighted by Gasteiger charge is 2.14. The zero-order valence-corrected chi connectivity index (χ0v) is 10.7. The summed E-state index contributed by atoms with van der Waals surface area (Å²) >= 11 is 0. The van der Waals surface area contributed by atoms with E-state index in [1.807, 2.05) is 24.3 Å². The van der Waals surface area contributed by atoms with Crippen LogP contribution in [-0.4, -0.2) is 30.4 Å². The van der Waals surface area contributed by atoms with Gasteiger partial charge in [-0.25, -0.2) is 4.79 Å². The largest absolute Gasteiger partial charge is 0.493 e. The summed E-state index contributed by atoms with van der Waals surface area (Å²) in [6.45, 7) is 1.48. The van der Waals surface area contributed by atoms with Gasteiger partial charge in [0.25, 0.3) is 0 Å². The minimum absolute atomic E-state index is 0.329. The van der Waals surface area contributed by atoms with Crippen LogP contribution in [0.3, 0.4) is 0 Å². The molecule has 0 amide bonds. The lowest BCUT2D eigenvalue weighted by molar-refractivity contribution is -0.131. The fraction of sp³-hybridized carbons (Fsp3) is 0.400. The Morgan fingerprint density at radius 3 is 3.16 bits per heavy atom. The number of carbonyl (C=O) groups is 1. The molecule has 0 bridgehead atoms. The van der Waals surface area contributed by atoms with Crippen molar-refractivity contribution in [1.29, 1.82) is 0 Å². The third kappa shape index (κ3) is 4.75. The first-order chi connectivity index (χ1) is 9.24. The molecule has 0 spiro atoms. The molecule has 0 saturated carbocycles. The molecule has 4 nitrogen and oxygen atoms in total. The minimum atomic E-state index is -0.954. The Bertz CT molecular complexity index is 447. The summed E-state index contributed by atoms with van der Waals surface area (Å²) in [6, 6.07) is 7.39. The molecule has 1 atom stereocenters. The smallest absolute Gasteiger partial charge is 0.328 e. The number of rotatable bonds is 6. The Hall–Kier alpha value is -1.81. The van der Waals surface area contributed by atoms with Gasteiger partial charge in [-0.3, -0.25) is 0 Å². The number of carboxylic acid groups (broad SMARTS) is 1. The molecule has 19 heavy (non-hydrogen) atoms. The van der Waals surface area contributed by atoms with Crippen molar-refractivity contribution in [2.45, 2.75) is 25.4 Å². The molecule has 0 aromatic heterocycles. The Kier molecular flexibility index (Phi) is 4.98. The van der Waals surface area contributed by atoms with Gasteiger partial charge in [0, 0.05) is 19.1 Å². The van der Waals surface area contributed by atoms with E-state index in [9.17, 15) is 4.79 Å². The minimum Gasteiger partial charge on any atom is -0.493 e. The Morgan fingerprint density at radius 1 is 1.53 bits per heavy atom. The predicted octanol–water partition coefficient (Wildman–Crippen LogP) is 2.73. The van der Waals surface area contributed by atoms with Gasteiger partial charge in [-0.15, -0.1) is 0 Å². The van der Waals surface area contributed by atoms with Gasteiger partial charge < -0.3 is 14.6 Å². The van der Waals surface area contributed by atoms with Gasteiger partial charge in [-0.2, -0.15) is 0 Å². The number of ether oxygens (including phenoxy) is 2. The zero-order valence-electron chi connectivity index (χ0n) is 10.7. The van der Waals surface area contributed by atoms with Crippen molar-refractivity contribution in [3.63, 3.8) is 0 Å². The predicted molar refractivity (Wildman–Crippen MR) is 72.2 cm³/mol. The first-order valence-corrected chi connectivity index (χ1v) is 6.49. The van der Waals surface area contributed by atoms with Gasteiger partial charge >= 0.3 is 5.97 Å². The van der Waals surface area contributed by atoms with E-state index in [-0.39, 0.29) is 0 Å². The second-order valence-corrected chi connectivity index (χ2v) is 4.52. The van der Waals surface area contributed by atoms with E-state index in [4.69, 9.17) is 14.6 Å². The molecule has 102 valence electrons. The van der Waals surface area contributed by atoms with E-state index < -0.39 is 5.97 Å². The van der Waals surface area contributed by atoms with Crippen molar-refractivity contribution in [3.05, 3.63) is 35.9 Å². The Balaban J connectivity index is 1.82. The van der Waals surface area contributed by atoms with Crippen LogP contribution in [0.25, 0.3) is 6.08 Å². The first kappa shape index (κ1) is 13.6. The van der Waals surface area contributed by atoms with E-state index in [0.717, 1.165) is 43.3 Å². The van der Waals surface area contributed by atoms with Crippen LogP contribution >= 0.6 is 0 Å². The lowest BCUT2D eigenvalue weighted by Crippen LogP contribution is -2.10. The quantitative estimate of drug-likeness (QED) is 0.801. The fourth-order valence-corrected chi connectivity index (χ4v) is 2.06. The van der Waals surface area contributed by atoms with Crippen LogP contribution in [-0.2, 0) is 9.53 Å². The third-order valence-corrected chi connectivity index (χ3v) is 3.01. The van der Waals surface area contributed by atoms with Crippen molar-refractivity contribution in [2.75, 3.05) is 13.2 Å². The van der Waals surface area contributed by atoms with Crippen LogP contribution in [0.2, 0.25) is 0 Å². The van der Waals surface area contributed by atoms with Crippen LogP contribution in [0, 0.1) is 0 Å². The van der Waals surface area contributed by atoms with E-state index in [1.54, 1.807) is 6.08 Å². The van der Waals surface area contributed by atoms with E-state index in [1.165, 1.54) is 0 Å². The molecule has 2 rings (SSSR count). The van der Waals surface area contributed by atoms with E-state index in [2.05, 4.69) is 0 Å². The Labute approximate surface area is 112 Å².